The van der Waals surface area contributed by atoms with Crippen LogP contribution in [0.15, 0.2) is 0 Å². The summed E-state index contributed by atoms with van der Waals surface area (Å²) in [4.78, 5) is 29.3. The Balaban J connectivity index is 1.45. The van der Waals surface area contributed by atoms with Crippen molar-refractivity contribution in [1.82, 2.24) is 9.80 Å². The molecule has 2 N–H and O–H groups in total. The minimum atomic E-state index is 0.0167. The van der Waals surface area contributed by atoms with Crippen LogP contribution in [0.5, 0.6) is 0 Å². The van der Waals surface area contributed by atoms with Crippen LogP contribution in [0.3, 0.4) is 0 Å². The Morgan fingerprint density at radius 3 is 2.08 bits per heavy atom. The normalized spacial score (nSPS) is 29.3. The van der Waals surface area contributed by atoms with E-state index >= 15 is 0 Å². The van der Waals surface area contributed by atoms with Gasteiger partial charge in [0.05, 0.1) is 5.92 Å². The summed E-state index contributed by atoms with van der Waals surface area (Å²) in [6.45, 7) is 3.49. The number of nitrogens with zero attached hydrogens (tertiary/aromatic N) is 2. The van der Waals surface area contributed by atoms with Gasteiger partial charge in [0, 0.05) is 38.6 Å². The highest BCUT2D eigenvalue weighted by molar-refractivity contribution is 5.80. The molecule has 0 radical (unpaired) electrons. The number of hydrogen-bond donors (Lipinski definition) is 1. The summed E-state index contributed by atoms with van der Waals surface area (Å²) in [5.74, 6) is 1.06. The molecule has 0 aromatic carbocycles. The Morgan fingerprint density at radius 1 is 0.760 bits per heavy atom. The molecule has 2 heterocycles. The maximum absolute atomic E-state index is 12.9. The summed E-state index contributed by atoms with van der Waals surface area (Å²) in [6.07, 6.45) is 11.6. The highest BCUT2D eigenvalue weighted by Gasteiger charge is 2.33. The number of amides is 2. The molecule has 3 rings (SSSR count). The minimum absolute atomic E-state index is 0.0167. The zero-order valence-corrected chi connectivity index (χ0v) is 15.6. The van der Waals surface area contributed by atoms with Gasteiger partial charge in [0.1, 0.15) is 0 Å². The third-order valence-electron chi connectivity index (χ3n) is 6.48. The number of carbonyl (C=O) groups excluding carboxylic acids is 2. The van der Waals surface area contributed by atoms with Crippen LogP contribution in [-0.2, 0) is 9.59 Å². The second-order valence-electron chi connectivity index (χ2n) is 8.32. The van der Waals surface area contributed by atoms with Crippen molar-refractivity contribution in [3.63, 3.8) is 0 Å². The van der Waals surface area contributed by atoms with Crippen molar-refractivity contribution in [2.24, 2.45) is 17.6 Å². The van der Waals surface area contributed by atoms with Gasteiger partial charge in [-0.3, -0.25) is 9.59 Å². The van der Waals surface area contributed by atoms with Gasteiger partial charge in [0.25, 0.3) is 0 Å². The van der Waals surface area contributed by atoms with E-state index < -0.39 is 0 Å². The van der Waals surface area contributed by atoms with Crippen molar-refractivity contribution in [1.29, 1.82) is 0 Å². The monoisotopic (exact) mass is 349 g/mol. The van der Waals surface area contributed by atoms with Crippen molar-refractivity contribution in [2.45, 2.75) is 76.7 Å². The van der Waals surface area contributed by atoms with E-state index in [9.17, 15) is 9.59 Å². The lowest BCUT2D eigenvalue weighted by Gasteiger charge is -2.36. The van der Waals surface area contributed by atoms with Gasteiger partial charge < -0.3 is 15.5 Å². The lowest BCUT2D eigenvalue weighted by molar-refractivity contribution is -0.138. The molecule has 25 heavy (non-hydrogen) atoms. The van der Waals surface area contributed by atoms with E-state index in [0.29, 0.717) is 18.2 Å². The fraction of sp³-hybridized carbons (Fsp3) is 0.900. The second kappa shape index (κ2) is 9.02. The molecule has 0 bridgehead atoms. The molecule has 3 aliphatic rings. The molecule has 3 fully saturated rings. The van der Waals surface area contributed by atoms with E-state index in [4.69, 9.17) is 5.73 Å². The summed E-state index contributed by atoms with van der Waals surface area (Å²) in [6, 6.07) is 0.0299. The molecule has 2 atom stereocenters. The van der Waals surface area contributed by atoms with E-state index in [1.807, 2.05) is 9.80 Å². The third kappa shape index (κ3) is 4.96. The Hall–Kier alpha value is -1.10. The van der Waals surface area contributed by atoms with Gasteiger partial charge in [0.2, 0.25) is 11.8 Å². The quantitative estimate of drug-likeness (QED) is 0.851. The van der Waals surface area contributed by atoms with Gasteiger partial charge in [-0.15, -0.1) is 0 Å². The van der Waals surface area contributed by atoms with E-state index in [1.165, 1.54) is 12.8 Å². The molecule has 0 aromatic rings. The largest absolute Gasteiger partial charge is 0.343 e. The van der Waals surface area contributed by atoms with Crippen LogP contribution in [-0.4, -0.2) is 53.8 Å². The molecule has 0 aromatic heterocycles. The van der Waals surface area contributed by atoms with Gasteiger partial charge in [-0.05, 0) is 44.4 Å². The Morgan fingerprint density at radius 2 is 1.40 bits per heavy atom. The molecule has 2 amide bonds. The number of carbonyl (C=O) groups is 2. The SMILES string of the molecule is N[C@@H]1CCCCCC[C@@H]1C(=O)N1CCC(CC(=O)N2CCCC2)CC1. The first-order valence-electron chi connectivity index (χ1n) is 10.5. The topological polar surface area (TPSA) is 66.6 Å². The molecular formula is C20H35N3O2. The molecule has 142 valence electrons. The smallest absolute Gasteiger partial charge is 0.227 e. The predicted octanol–water partition coefficient (Wildman–Crippen LogP) is 2.54. The van der Waals surface area contributed by atoms with Crippen molar-refractivity contribution in [3.8, 4) is 0 Å². The zero-order valence-electron chi connectivity index (χ0n) is 15.6. The molecule has 2 saturated heterocycles. The molecule has 5 heteroatoms. The standard InChI is InChI=1S/C20H35N3O2/c21-18-8-4-2-1-3-7-17(18)20(25)23-13-9-16(10-14-23)15-19(24)22-11-5-6-12-22/h16-18H,1-15,21H2/t17-,18+/m0/s1. The van der Waals surface area contributed by atoms with Crippen molar-refractivity contribution in [3.05, 3.63) is 0 Å². The van der Waals surface area contributed by atoms with Gasteiger partial charge in [0.15, 0.2) is 0 Å². The third-order valence-corrected chi connectivity index (χ3v) is 6.48. The van der Waals surface area contributed by atoms with E-state index in [-0.39, 0.29) is 17.9 Å². The summed E-state index contributed by atoms with van der Waals surface area (Å²) in [5, 5.41) is 0. The first-order chi connectivity index (χ1) is 12.1. The lowest BCUT2D eigenvalue weighted by Crippen LogP contribution is -2.47. The summed E-state index contributed by atoms with van der Waals surface area (Å²) < 4.78 is 0. The molecular weight excluding hydrogens is 314 g/mol. The minimum Gasteiger partial charge on any atom is -0.343 e. The Labute approximate surface area is 152 Å². The van der Waals surface area contributed by atoms with Gasteiger partial charge in [-0.2, -0.15) is 0 Å². The highest BCUT2D eigenvalue weighted by Crippen LogP contribution is 2.27. The van der Waals surface area contributed by atoms with Gasteiger partial charge >= 0.3 is 0 Å². The van der Waals surface area contributed by atoms with Crippen molar-refractivity contribution in [2.75, 3.05) is 26.2 Å². The maximum Gasteiger partial charge on any atom is 0.227 e. The van der Waals surface area contributed by atoms with Crippen LogP contribution in [0.2, 0.25) is 0 Å². The first-order valence-corrected chi connectivity index (χ1v) is 10.5. The molecule has 2 aliphatic heterocycles. The summed E-state index contributed by atoms with van der Waals surface area (Å²) in [5.41, 5.74) is 6.32. The fourth-order valence-corrected chi connectivity index (χ4v) is 4.75. The highest BCUT2D eigenvalue weighted by atomic mass is 16.2. The fourth-order valence-electron chi connectivity index (χ4n) is 4.75. The van der Waals surface area contributed by atoms with Crippen LogP contribution >= 0.6 is 0 Å². The Kier molecular flexibility index (Phi) is 6.74. The van der Waals surface area contributed by atoms with Crippen LogP contribution in [0.1, 0.15) is 70.6 Å². The number of nitrogens with two attached hydrogens (primary N) is 1. The lowest BCUT2D eigenvalue weighted by atomic mass is 9.85. The van der Waals surface area contributed by atoms with E-state index in [2.05, 4.69) is 0 Å². The molecule has 0 spiro atoms. The van der Waals surface area contributed by atoms with Crippen LogP contribution in [0.4, 0.5) is 0 Å². The van der Waals surface area contributed by atoms with Crippen LogP contribution in [0.25, 0.3) is 0 Å². The van der Waals surface area contributed by atoms with E-state index in [1.54, 1.807) is 0 Å². The number of hydrogen-bond acceptors (Lipinski definition) is 3. The molecule has 0 unspecified atom stereocenters. The molecule has 1 saturated carbocycles. The molecule has 5 nitrogen and oxygen atoms in total. The number of rotatable bonds is 3. The number of likely N-dealkylation sites (tertiary alicyclic amines) is 2. The number of piperidine rings is 1. The van der Waals surface area contributed by atoms with Crippen LogP contribution < -0.4 is 5.73 Å². The molecule has 1 aliphatic carbocycles. The summed E-state index contributed by atoms with van der Waals surface area (Å²) in [7, 11) is 0. The van der Waals surface area contributed by atoms with E-state index in [0.717, 1.165) is 77.5 Å². The van der Waals surface area contributed by atoms with Crippen molar-refractivity contribution >= 4 is 11.8 Å². The first kappa shape index (κ1) is 18.7. The van der Waals surface area contributed by atoms with Crippen LogP contribution in [0, 0.1) is 11.8 Å². The maximum atomic E-state index is 12.9. The van der Waals surface area contributed by atoms with Crippen molar-refractivity contribution < 1.29 is 9.59 Å². The predicted molar refractivity (Wildman–Crippen MR) is 98.9 cm³/mol. The summed E-state index contributed by atoms with van der Waals surface area (Å²) >= 11 is 0. The van der Waals surface area contributed by atoms with Gasteiger partial charge in [-0.1, -0.05) is 25.7 Å². The zero-order chi connectivity index (χ0) is 17.6. The Bertz CT molecular complexity index is 454. The average molecular weight is 350 g/mol. The second-order valence-corrected chi connectivity index (χ2v) is 8.32. The average Bonchev–Trinajstić information content (AvgIpc) is 3.13. The van der Waals surface area contributed by atoms with Gasteiger partial charge in [-0.25, -0.2) is 0 Å².